The third-order valence-corrected chi connectivity index (χ3v) is 7.30. The molecule has 1 aromatic carbocycles. The standard InChI is InChI=1S/C23H30B4N4O5/c1-13-9-19-28-14(12-33-2)10-20(32)31(19)29-21(13)30-7-5-15(6-8-30)34-16-3-4-17-18(11-16)36-23(26,27)22(24,25)35-17/h3-4,9-11,15H,5-8,12,24-27H2,1-2H3. The molecule has 0 saturated carbocycles. The van der Waals surface area contributed by atoms with Gasteiger partial charge in [-0.1, -0.05) is 0 Å². The van der Waals surface area contributed by atoms with E-state index in [1.807, 2.05) is 62.6 Å². The van der Waals surface area contributed by atoms with Crippen molar-refractivity contribution in [2.24, 2.45) is 0 Å². The fraction of sp³-hybridized carbons (Fsp3) is 0.435. The first-order valence-corrected chi connectivity index (χ1v) is 12.4. The van der Waals surface area contributed by atoms with Gasteiger partial charge in [0.05, 0.1) is 23.1 Å². The highest BCUT2D eigenvalue weighted by Gasteiger charge is 2.44. The van der Waals surface area contributed by atoms with Gasteiger partial charge in [0.15, 0.2) is 23.0 Å². The summed E-state index contributed by atoms with van der Waals surface area (Å²) in [6, 6.07) is 9.16. The number of benzene rings is 1. The lowest BCUT2D eigenvalue weighted by molar-refractivity contribution is 0.0609. The number of rotatable bonds is 5. The van der Waals surface area contributed by atoms with Crippen molar-refractivity contribution in [3.8, 4) is 17.2 Å². The third kappa shape index (κ3) is 4.56. The summed E-state index contributed by atoms with van der Waals surface area (Å²) in [5, 5.41) is 3.74. The summed E-state index contributed by atoms with van der Waals surface area (Å²) in [6.45, 7) is 3.84. The van der Waals surface area contributed by atoms with E-state index in [1.54, 1.807) is 7.11 Å². The van der Waals surface area contributed by atoms with E-state index in [4.69, 9.17) is 18.9 Å². The number of fused-ring (bicyclic) bond motifs is 2. The van der Waals surface area contributed by atoms with Crippen LogP contribution in [0.4, 0.5) is 5.82 Å². The first-order valence-electron chi connectivity index (χ1n) is 12.4. The van der Waals surface area contributed by atoms with Crippen LogP contribution in [-0.2, 0) is 11.3 Å². The Morgan fingerprint density at radius 1 is 1.06 bits per heavy atom. The summed E-state index contributed by atoms with van der Waals surface area (Å²) < 4.78 is 25.2. The fourth-order valence-electron chi connectivity index (χ4n) is 4.60. The number of aryl methyl sites for hydroxylation is 1. The lowest BCUT2D eigenvalue weighted by Crippen LogP contribution is -2.65. The van der Waals surface area contributed by atoms with Crippen LogP contribution in [-0.4, -0.2) is 83.1 Å². The van der Waals surface area contributed by atoms with Crippen molar-refractivity contribution in [3.63, 3.8) is 0 Å². The smallest absolute Gasteiger partial charge is 0.274 e. The van der Waals surface area contributed by atoms with E-state index in [2.05, 4.69) is 15.0 Å². The van der Waals surface area contributed by atoms with E-state index < -0.39 is 10.8 Å². The van der Waals surface area contributed by atoms with Gasteiger partial charge in [-0.15, -0.1) is 5.10 Å². The van der Waals surface area contributed by atoms with E-state index in [-0.39, 0.29) is 11.7 Å². The summed E-state index contributed by atoms with van der Waals surface area (Å²) in [4.78, 5) is 19.3. The van der Waals surface area contributed by atoms with Crippen molar-refractivity contribution in [3.05, 3.63) is 51.9 Å². The monoisotopic (exact) mass is 486 g/mol. The summed E-state index contributed by atoms with van der Waals surface area (Å²) in [6.07, 6.45) is 1.76. The predicted octanol–water partition coefficient (Wildman–Crippen LogP) is -1.80. The van der Waals surface area contributed by atoms with Crippen LogP contribution in [0.5, 0.6) is 17.2 Å². The minimum atomic E-state index is -0.461. The van der Waals surface area contributed by atoms with Crippen molar-refractivity contribution in [1.82, 2.24) is 14.6 Å². The molecule has 13 heteroatoms. The Morgan fingerprint density at radius 3 is 2.44 bits per heavy atom. The first kappa shape index (κ1) is 24.6. The Labute approximate surface area is 214 Å². The third-order valence-electron chi connectivity index (χ3n) is 7.30. The Bertz CT molecular complexity index is 1360. The molecular weight excluding hydrogens is 456 g/mol. The largest absolute Gasteiger partial charge is 0.499 e. The fourth-order valence-corrected chi connectivity index (χ4v) is 4.60. The van der Waals surface area contributed by atoms with Gasteiger partial charge < -0.3 is 23.8 Å². The highest BCUT2D eigenvalue weighted by molar-refractivity contribution is 6.53. The average Bonchev–Trinajstić information content (AvgIpc) is 2.80. The molecule has 0 aliphatic carbocycles. The highest BCUT2D eigenvalue weighted by atomic mass is 16.6. The predicted molar refractivity (Wildman–Crippen MR) is 148 cm³/mol. The zero-order valence-corrected chi connectivity index (χ0v) is 21.8. The van der Waals surface area contributed by atoms with Crippen LogP contribution in [0, 0.1) is 6.92 Å². The number of hydrogen-bond donors (Lipinski definition) is 0. The molecule has 4 heterocycles. The SMILES string of the molecule is BC1(B)Oc2ccc(OC3CCN(c4nn5c(=O)cc(COC)nc5cc4C)CC3)cc2OC1(B)B. The van der Waals surface area contributed by atoms with Crippen LogP contribution >= 0.6 is 0 Å². The van der Waals surface area contributed by atoms with E-state index in [1.165, 1.54) is 10.6 Å². The van der Waals surface area contributed by atoms with Crippen LogP contribution in [0.15, 0.2) is 35.1 Å². The minimum absolute atomic E-state index is 0.0787. The number of methoxy groups -OCH3 is 1. The number of piperidine rings is 1. The van der Waals surface area contributed by atoms with Gasteiger partial charge in [0, 0.05) is 45.2 Å². The van der Waals surface area contributed by atoms with Crippen LogP contribution < -0.4 is 24.7 Å². The molecule has 0 unspecified atom stereocenters. The Hall–Kier alpha value is -3.07. The molecule has 9 nitrogen and oxygen atoms in total. The lowest BCUT2D eigenvalue weighted by Gasteiger charge is -2.47. The maximum Gasteiger partial charge on any atom is 0.274 e. The summed E-state index contributed by atoms with van der Waals surface area (Å²) in [5.74, 6) is 3.01. The van der Waals surface area contributed by atoms with E-state index >= 15 is 0 Å². The van der Waals surface area contributed by atoms with Gasteiger partial charge >= 0.3 is 0 Å². The molecule has 36 heavy (non-hydrogen) atoms. The van der Waals surface area contributed by atoms with Gasteiger partial charge in [-0.2, -0.15) is 4.52 Å². The highest BCUT2D eigenvalue weighted by Crippen LogP contribution is 2.41. The molecule has 0 bridgehead atoms. The molecule has 0 N–H and O–H groups in total. The molecule has 2 aromatic heterocycles. The maximum atomic E-state index is 12.6. The van der Waals surface area contributed by atoms with Crippen molar-refractivity contribution in [2.75, 3.05) is 25.1 Å². The molecule has 2 aliphatic heterocycles. The molecule has 0 amide bonds. The zero-order valence-electron chi connectivity index (χ0n) is 21.8. The Kier molecular flexibility index (Phi) is 6.22. The van der Waals surface area contributed by atoms with Gasteiger partial charge in [-0.05, 0) is 30.7 Å². The number of aromatic nitrogens is 3. The second-order valence-electron chi connectivity index (χ2n) is 10.6. The minimum Gasteiger partial charge on any atom is -0.499 e. The topological polar surface area (TPSA) is 87.4 Å². The number of hydrogen-bond acceptors (Lipinski definition) is 8. The molecule has 1 saturated heterocycles. The van der Waals surface area contributed by atoms with Gasteiger partial charge in [0.2, 0.25) is 0 Å². The molecule has 0 atom stereocenters. The number of nitrogens with zero attached hydrogens (tertiary/aromatic N) is 4. The van der Waals surface area contributed by atoms with Gasteiger partial charge in [0.1, 0.15) is 43.2 Å². The van der Waals surface area contributed by atoms with E-state index in [0.717, 1.165) is 48.8 Å². The number of ether oxygens (including phenoxy) is 4. The molecule has 0 spiro atoms. The van der Waals surface area contributed by atoms with Gasteiger partial charge in [-0.3, -0.25) is 4.79 Å². The Balaban J connectivity index is 1.27. The van der Waals surface area contributed by atoms with Crippen molar-refractivity contribution in [2.45, 2.75) is 43.3 Å². The van der Waals surface area contributed by atoms with E-state index in [9.17, 15) is 4.79 Å². The zero-order chi connectivity index (χ0) is 25.7. The second kappa shape index (κ2) is 9.10. The van der Waals surface area contributed by atoms with Crippen molar-refractivity contribution >= 4 is 42.9 Å². The van der Waals surface area contributed by atoms with Crippen molar-refractivity contribution in [1.29, 1.82) is 0 Å². The molecule has 1 fully saturated rings. The second-order valence-corrected chi connectivity index (χ2v) is 10.6. The van der Waals surface area contributed by atoms with Gasteiger partial charge in [0.25, 0.3) is 5.56 Å². The first-order chi connectivity index (χ1) is 17.1. The molecule has 3 aromatic rings. The average molecular weight is 486 g/mol. The molecule has 2 aliphatic rings. The molecule has 184 valence electrons. The van der Waals surface area contributed by atoms with Crippen LogP contribution in [0.2, 0.25) is 0 Å². The molecule has 5 rings (SSSR count). The maximum absolute atomic E-state index is 12.6. The van der Waals surface area contributed by atoms with Crippen molar-refractivity contribution < 1.29 is 18.9 Å². The van der Waals surface area contributed by atoms with Crippen LogP contribution in [0.3, 0.4) is 0 Å². The summed E-state index contributed by atoms with van der Waals surface area (Å²) in [7, 11) is 9.71. The summed E-state index contributed by atoms with van der Waals surface area (Å²) >= 11 is 0. The quantitative estimate of drug-likeness (QED) is 0.392. The number of anilines is 1. The molecule has 0 radical (unpaired) electrons. The van der Waals surface area contributed by atoms with E-state index in [0.29, 0.717) is 23.7 Å². The Morgan fingerprint density at radius 2 is 1.75 bits per heavy atom. The van der Waals surface area contributed by atoms with Crippen LogP contribution in [0.1, 0.15) is 24.1 Å². The lowest BCUT2D eigenvalue weighted by atomic mass is 9.41. The van der Waals surface area contributed by atoms with Gasteiger partial charge in [-0.25, -0.2) is 4.98 Å². The summed E-state index contributed by atoms with van der Waals surface area (Å²) in [5.41, 5.74) is 1.89. The van der Waals surface area contributed by atoms with Crippen LogP contribution in [0.25, 0.3) is 5.65 Å². The normalized spacial score (nSPS) is 18.8. The molecular formula is C23H30B4N4O5.